The van der Waals surface area contributed by atoms with Crippen molar-refractivity contribution in [1.82, 2.24) is 5.32 Å². The number of nitrogens with one attached hydrogen (secondary N) is 1. The van der Waals surface area contributed by atoms with E-state index in [2.05, 4.69) is 35.0 Å². The topological polar surface area (TPSA) is 32.3 Å². The molecule has 0 bridgehead atoms. The van der Waals surface area contributed by atoms with Crippen LogP contribution in [0.1, 0.15) is 18.4 Å². The summed E-state index contributed by atoms with van der Waals surface area (Å²) >= 11 is 1.77. The van der Waals surface area contributed by atoms with Crippen molar-refractivity contribution >= 4 is 21.4 Å². The summed E-state index contributed by atoms with van der Waals surface area (Å²) in [7, 11) is 0. The largest absolute Gasteiger partial charge is 0.389 e. The molecule has 1 aliphatic heterocycles. The quantitative estimate of drug-likeness (QED) is 0.855. The molecule has 2 heterocycles. The molecule has 1 aromatic heterocycles. The van der Waals surface area contributed by atoms with Crippen molar-refractivity contribution in [3.8, 4) is 0 Å². The van der Waals surface area contributed by atoms with Crippen molar-refractivity contribution in [1.29, 1.82) is 0 Å². The molecule has 3 heteroatoms. The summed E-state index contributed by atoms with van der Waals surface area (Å²) in [6.45, 7) is 1.86. The number of rotatable bonds is 2. The fourth-order valence-corrected chi connectivity index (χ4v) is 3.56. The normalized spacial score (nSPS) is 19.6. The molecule has 2 aromatic rings. The van der Waals surface area contributed by atoms with Gasteiger partial charge in [0.15, 0.2) is 0 Å². The molecule has 0 aliphatic carbocycles. The monoisotopic (exact) mass is 247 g/mol. The Morgan fingerprint density at radius 1 is 1.24 bits per heavy atom. The van der Waals surface area contributed by atoms with Crippen molar-refractivity contribution in [3.63, 3.8) is 0 Å². The molecule has 0 saturated carbocycles. The Labute approximate surface area is 105 Å². The van der Waals surface area contributed by atoms with Crippen molar-refractivity contribution in [3.05, 3.63) is 35.2 Å². The summed E-state index contributed by atoms with van der Waals surface area (Å²) in [5.41, 5.74) is 0.796. The molecule has 90 valence electrons. The molecule has 0 spiro atoms. The lowest BCUT2D eigenvalue weighted by atomic mass is 9.86. The van der Waals surface area contributed by atoms with E-state index in [1.165, 1.54) is 15.6 Å². The van der Waals surface area contributed by atoms with Crippen molar-refractivity contribution in [2.24, 2.45) is 0 Å². The van der Waals surface area contributed by atoms with E-state index in [9.17, 15) is 5.11 Å². The van der Waals surface area contributed by atoms with Crippen LogP contribution in [0, 0.1) is 0 Å². The van der Waals surface area contributed by atoms with Gasteiger partial charge in [0, 0.05) is 11.1 Å². The Hall–Kier alpha value is -0.900. The molecule has 1 fully saturated rings. The predicted octanol–water partition coefficient (Wildman–Crippen LogP) is 2.56. The Morgan fingerprint density at radius 2 is 2.00 bits per heavy atom. The summed E-state index contributed by atoms with van der Waals surface area (Å²) in [5.74, 6) is 0. The summed E-state index contributed by atoms with van der Waals surface area (Å²) < 4.78 is 1.32. The first-order valence-corrected chi connectivity index (χ1v) is 7.03. The molecule has 17 heavy (non-hydrogen) atoms. The number of piperidine rings is 1. The number of aliphatic hydroxyl groups is 1. The highest BCUT2D eigenvalue weighted by Gasteiger charge is 2.29. The first kappa shape index (κ1) is 11.2. The van der Waals surface area contributed by atoms with E-state index in [1.807, 2.05) is 0 Å². The number of hydrogen-bond acceptors (Lipinski definition) is 3. The van der Waals surface area contributed by atoms with Crippen LogP contribution in [0.5, 0.6) is 0 Å². The molecule has 1 aliphatic rings. The molecule has 1 saturated heterocycles. The van der Waals surface area contributed by atoms with Crippen LogP contribution in [-0.4, -0.2) is 23.8 Å². The maximum absolute atomic E-state index is 10.6. The molecule has 3 rings (SSSR count). The van der Waals surface area contributed by atoms with Crippen molar-refractivity contribution < 1.29 is 5.11 Å². The molecule has 0 radical (unpaired) electrons. The zero-order valence-electron chi connectivity index (χ0n) is 9.78. The second kappa shape index (κ2) is 4.41. The molecular formula is C14H17NOS. The van der Waals surface area contributed by atoms with Crippen LogP contribution >= 0.6 is 11.3 Å². The molecule has 2 N–H and O–H groups in total. The minimum Gasteiger partial charge on any atom is -0.389 e. The Morgan fingerprint density at radius 3 is 2.82 bits per heavy atom. The predicted molar refractivity (Wildman–Crippen MR) is 72.6 cm³/mol. The van der Waals surface area contributed by atoms with Crippen LogP contribution in [0.2, 0.25) is 0 Å². The molecule has 2 nitrogen and oxygen atoms in total. The van der Waals surface area contributed by atoms with Gasteiger partial charge < -0.3 is 10.4 Å². The highest BCUT2D eigenvalue weighted by molar-refractivity contribution is 7.17. The summed E-state index contributed by atoms with van der Waals surface area (Å²) in [6.07, 6.45) is 2.51. The van der Waals surface area contributed by atoms with Gasteiger partial charge in [-0.15, -0.1) is 11.3 Å². The van der Waals surface area contributed by atoms with Gasteiger partial charge in [-0.3, -0.25) is 0 Å². The smallest absolute Gasteiger partial charge is 0.0712 e. The van der Waals surface area contributed by atoms with Crippen molar-refractivity contribution in [2.45, 2.75) is 24.9 Å². The fourth-order valence-electron chi connectivity index (χ4n) is 2.59. The number of thiophene rings is 1. The lowest BCUT2D eigenvalue weighted by Gasteiger charge is -2.32. The highest BCUT2D eigenvalue weighted by atomic mass is 32.1. The zero-order valence-corrected chi connectivity index (χ0v) is 10.6. The van der Waals surface area contributed by atoms with Gasteiger partial charge in [-0.25, -0.2) is 0 Å². The first-order chi connectivity index (χ1) is 8.27. The van der Waals surface area contributed by atoms with Crippen LogP contribution in [0.25, 0.3) is 10.1 Å². The summed E-state index contributed by atoms with van der Waals surface area (Å²) in [4.78, 5) is 0. The van der Waals surface area contributed by atoms with E-state index in [0.717, 1.165) is 32.4 Å². The van der Waals surface area contributed by atoms with Crippen LogP contribution in [-0.2, 0) is 6.42 Å². The van der Waals surface area contributed by atoms with Gasteiger partial charge in [-0.05, 0) is 48.3 Å². The van der Waals surface area contributed by atoms with Gasteiger partial charge in [0.2, 0.25) is 0 Å². The van der Waals surface area contributed by atoms with Crippen molar-refractivity contribution in [2.75, 3.05) is 13.1 Å². The van der Waals surface area contributed by atoms with Gasteiger partial charge >= 0.3 is 0 Å². The first-order valence-electron chi connectivity index (χ1n) is 6.15. The van der Waals surface area contributed by atoms with E-state index >= 15 is 0 Å². The second-order valence-corrected chi connectivity index (χ2v) is 5.82. The van der Waals surface area contributed by atoms with Crippen LogP contribution < -0.4 is 5.32 Å². The van der Waals surface area contributed by atoms with E-state index in [-0.39, 0.29) is 0 Å². The lowest BCUT2D eigenvalue weighted by molar-refractivity contribution is 0.0112. The van der Waals surface area contributed by atoms with Gasteiger partial charge in [0.05, 0.1) is 5.60 Å². The Balaban J connectivity index is 1.89. The molecule has 0 atom stereocenters. The average Bonchev–Trinajstić information content (AvgIpc) is 2.73. The lowest BCUT2D eigenvalue weighted by Crippen LogP contribution is -2.43. The molecule has 1 aromatic carbocycles. The zero-order chi connectivity index (χ0) is 11.7. The number of fused-ring (bicyclic) bond motifs is 1. The minimum atomic E-state index is -0.505. The molecule has 0 amide bonds. The highest BCUT2D eigenvalue weighted by Crippen LogP contribution is 2.31. The Kier molecular flexibility index (Phi) is 2.90. The summed E-state index contributed by atoms with van der Waals surface area (Å²) in [6, 6.07) is 8.45. The van der Waals surface area contributed by atoms with Crippen LogP contribution in [0.15, 0.2) is 29.6 Å². The summed E-state index contributed by atoms with van der Waals surface area (Å²) in [5, 5.41) is 17.4. The van der Waals surface area contributed by atoms with Crippen LogP contribution in [0.3, 0.4) is 0 Å². The third kappa shape index (κ3) is 2.23. The third-order valence-electron chi connectivity index (χ3n) is 3.61. The van der Waals surface area contributed by atoms with E-state index in [4.69, 9.17) is 0 Å². The number of benzene rings is 1. The maximum atomic E-state index is 10.6. The molecule has 0 unspecified atom stereocenters. The van der Waals surface area contributed by atoms with E-state index < -0.39 is 5.60 Å². The van der Waals surface area contributed by atoms with Crippen LogP contribution in [0.4, 0.5) is 0 Å². The number of hydrogen-bond donors (Lipinski definition) is 2. The van der Waals surface area contributed by atoms with Gasteiger partial charge in [0.25, 0.3) is 0 Å². The van der Waals surface area contributed by atoms with E-state index in [1.54, 1.807) is 11.3 Å². The minimum absolute atomic E-state index is 0.505. The van der Waals surface area contributed by atoms with Gasteiger partial charge in [0.1, 0.15) is 0 Å². The average molecular weight is 247 g/mol. The standard InChI is InChI=1S/C14H17NOS/c16-14(5-7-15-8-6-14)9-11-10-17-13-4-2-1-3-12(11)13/h1-4,10,15-16H,5-9H2. The third-order valence-corrected chi connectivity index (χ3v) is 4.63. The van der Waals surface area contributed by atoms with Gasteiger partial charge in [-0.1, -0.05) is 18.2 Å². The Bertz CT molecular complexity index is 514. The van der Waals surface area contributed by atoms with E-state index in [0.29, 0.717) is 0 Å². The second-order valence-electron chi connectivity index (χ2n) is 4.91. The maximum Gasteiger partial charge on any atom is 0.0712 e. The SMILES string of the molecule is OC1(Cc2csc3ccccc23)CCNCC1. The molecular weight excluding hydrogens is 230 g/mol. The van der Waals surface area contributed by atoms with Gasteiger partial charge in [-0.2, -0.15) is 0 Å². The fraction of sp³-hybridized carbons (Fsp3) is 0.429.